The molecule has 0 N–H and O–H groups in total. The molecule has 0 aromatic heterocycles. The second-order valence-corrected chi connectivity index (χ2v) is 13.0. The topological polar surface area (TPSA) is 30.9 Å². The van der Waals surface area contributed by atoms with Crippen LogP contribution in [0.5, 0.6) is 34.5 Å². The van der Waals surface area contributed by atoms with Crippen LogP contribution in [0.15, 0.2) is 164 Å². The Morgan fingerprint density at radius 2 is 0.898 bits per heavy atom. The molecule has 49 heavy (non-hydrogen) atoms. The molecule has 4 nitrogen and oxygen atoms in total. The number of nitrogens with zero attached hydrogens (tertiary/aromatic N) is 1. The average molecular weight is 636 g/mol. The first-order chi connectivity index (χ1) is 24.0. The Hall–Kier alpha value is -6.26. The molecule has 2 aliphatic rings. The van der Waals surface area contributed by atoms with Crippen molar-refractivity contribution in [2.75, 3.05) is 4.90 Å². The lowest BCUT2D eigenvalue weighted by atomic mass is 9.75. The second-order valence-electron chi connectivity index (χ2n) is 13.0. The lowest BCUT2D eigenvalue weighted by molar-refractivity contribution is 0.360. The van der Waals surface area contributed by atoms with Gasteiger partial charge in [-0.05, 0) is 76.9 Å². The molecular formula is C45H33NO3. The molecule has 0 saturated carbocycles. The lowest BCUT2D eigenvalue weighted by Crippen LogP contribution is -2.25. The fourth-order valence-electron chi connectivity index (χ4n) is 7.06. The van der Waals surface area contributed by atoms with Crippen LogP contribution in [0.25, 0.3) is 22.3 Å². The van der Waals surface area contributed by atoms with Crippen molar-refractivity contribution >= 4 is 17.1 Å². The molecule has 0 fully saturated rings. The largest absolute Gasteiger partial charge is 0.455 e. The predicted molar refractivity (Wildman–Crippen MR) is 197 cm³/mol. The fourth-order valence-corrected chi connectivity index (χ4v) is 7.06. The molecule has 0 aliphatic carbocycles. The summed E-state index contributed by atoms with van der Waals surface area (Å²) < 4.78 is 19.8. The van der Waals surface area contributed by atoms with Gasteiger partial charge in [-0.15, -0.1) is 0 Å². The minimum atomic E-state index is -0.270. The Bertz CT molecular complexity index is 2340. The zero-order valence-electron chi connectivity index (χ0n) is 27.3. The molecule has 0 amide bonds. The molecule has 0 radical (unpaired) electrons. The number of ether oxygens (including phenoxy) is 3. The van der Waals surface area contributed by atoms with E-state index in [-0.39, 0.29) is 5.41 Å². The number of rotatable bonds is 5. The number of benzene rings is 7. The Kier molecular flexibility index (Phi) is 6.77. The van der Waals surface area contributed by atoms with Gasteiger partial charge in [-0.1, -0.05) is 123 Å². The third-order valence-corrected chi connectivity index (χ3v) is 9.59. The Morgan fingerprint density at radius 3 is 1.65 bits per heavy atom. The standard InChI is InChI=1S/C45H33NO3/c1-45(2)35-17-6-7-21-39(35)48-43-36(45)18-11-19-37(43)46(38-20-12-24-42-44(38)49-41-23-9-8-22-40(41)47-42)34-27-25-31(26-28-34)33-16-10-15-32(29-33)30-13-4-3-5-14-30/h3-29H,1-2H3. The molecule has 7 aromatic rings. The van der Waals surface area contributed by atoms with Crippen LogP contribution >= 0.6 is 0 Å². The summed E-state index contributed by atoms with van der Waals surface area (Å²) in [6, 6.07) is 56.4. The lowest BCUT2D eigenvalue weighted by Gasteiger charge is -2.38. The number of fused-ring (bicyclic) bond motifs is 4. The molecule has 0 bridgehead atoms. The van der Waals surface area contributed by atoms with Crippen LogP contribution in [0.3, 0.4) is 0 Å². The van der Waals surface area contributed by atoms with Gasteiger partial charge in [0.05, 0.1) is 11.4 Å². The van der Waals surface area contributed by atoms with E-state index in [0.29, 0.717) is 23.0 Å². The number of hydrogen-bond acceptors (Lipinski definition) is 4. The fraction of sp³-hybridized carbons (Fsp3) is 0.0667. The van der Waals surface area contributed by atoms with Gasteiger partial charge in [-0.3, -0.25) is 0 Å². The first kappa shape index (κ1) is 28.9. The van der Waals surface area contributed by atoms with Crippen LogP contribution < -0.4 is 19.1 Å². The molecule has 2 aliphatic heterocycles. The van der Waals surface area contributed by atoms with E-state index >= 15 is 0 Å². The number of para-hydroxylation sites is 5. The quantitative estimate of drug-likeness (QED) is 0.188. The van der Waals surface area contributed by atoms with Gasteiger partial charge in [0.25, 0.3) is 0 Å². The van der Waals surface area contributed by atoms with Gasteiger partial charge >= 0.3 is 0 Å². The molecule has 236 valence electrons. The second kappa shape index (κ2) is 11.5. The van der Waals surface area contributed by atoms with Crippen LogP contribution in [0.1, 0.15) is 25.0 Å². The van der Waals surface area contributed by atoms with Gasteiger partial charge in [0, 0.05) is 22.2 Å². The maximum absolute atomic E-state index is 6.80. The zero-order chi connectivity index (χ0) is 33.0. The first-order valence-corrected chi connectivity index (χ1v) is 16.6. The van der Waals surface area contributed by atoms with Crippen molar-refractivity contribution in [2.24, 2.45) is 0 Å². The van der Waals surface area contributed by atoms with Crippen LogP contribution in [-0.4, -0.2) is 0 Å². The van der Waals surface area contributed by atoms with E-state index in [1.165, 1.54) is 16.7 Å². The molecule has 0 atom stereocenters. The van der Waals surface area contributed by atoms with Crippen molar-refractivity contribution < 1.29 is 14.2 Å². The van der Waals surface area contributed by atoms with E-state index < -0.39 is 0 Å². The Labute approximate surface area is 286 Å². The highest BCUT2D eigenvalue weighted by molar-refractivity contribution is 5.88. The molecule has 0 unspecified atom stereocenters. The van der Waals surface area contributed by atoms with Gasteiger partial charge < -0.3 is 19.1 Å². The van der Waals surface area contributed by atoms with Gasteiger partial charge in [0.1, 0.15) is 5.75 Å². The SMILES string of the molecule is CC1(C)c2ccccc2Oc2c(N(c3ccc(-c4cccc(-c5ccccc5)c4)cc3)c3cccc4c3Oc3ccccc3O4)cccc21. The maximum atomic E-state index is 6.80. The molecule has 2 heterocycles. The van der Waals surface area contributed by atoms with Gasteiger partial charge in [0.2, 0.25) is 0 Å². The molecule has 0 spiro atoms. The summed E-state index contributed by atoms with van der Waals surface area (Å²) in [4.78, 5) is 2.23. The van der Waals surface area contributed by atoms with E-state index in [4.69, 9.17) is 14.2 Å². The first-order valence-electron chi connectivity index (χ1n) is 16.6. The summed E-state index contributed by atoms with van der Waals surface area (Å²) in [5, 5.41) is 0. The van der Waals surface area contributed by atoms with Crippen LogP contribution in [0, 0.1) is 0 Å². The van der Waals surface area contributed by atoms with Crippen molar-refractivity contribution in [2.45, 2.75) is 19.3 Å². The van der Waals surface area contributed by atoms with Crippen molar-refractivity contribution in [3.8, 4) is 56.8 Å². The third-order valence-electron chi connectivity index (χ3n) is 9.59. The zero-order valence-corrected chi connectivity index (χ0v) is 27.3. The third kappa shape index (κ3) is 4.92. The van der Waals surface area contributed by atoms with Crippen molar-refractivity contribution in [3.05, 3.63) is 175 Å². The van der Waals surface area contributed by atoms with E-state index in [1.54, 1.807) is 0 Å². The van der Waals surface area contributed by atoms with Crippen LogP contribution in [-0.2, 0) is 5.41 Å². The molecule has 9 rings (SSSR count). The monoisotopic (exact) mass is 635 g/mol. The van der Waals surface area contributed by atoms with Crippen molar-refractivity contribution in [3.63, 3.8) is 0 Å². The summed E-state index contributed by atoms with van der Waals surface area (Å²) >= 11 is 0. The normalized spacial score (nSPS) is 13.3. The van der Waals surface area contributed by atoms with Gasteiger partial charge in [-0.25, -0.2) is 0 Å². The smallest absolute Gasteiger partial charge is 0.194 e. The van der Waals surface area contributed by atoms with Crippen molar-refractivity contribution in [1.29, 1.82) is 0 Å². The summed E-state index contributed by atoms with van der Waals surface area (Å²) in [7, 11) is 0. The highest BCUT2D eigenvalue weighted by atomic mass is 16.6. The van der Waals surface area contributed by atoms with Crippen LogP contribution in [0.2, 0.25) is 0 Å². The number of hydrogen-bond donors (Lipinski definition) is 0. The summed E-state index contributed by atoms with van der Waals surface area (Å²) in [6.07, 6.45) is 0. The minimum Gasteiger partial charge on any atom is -0.455 e. The molecule has 4 heteroatoms. The molecular weight excluding hydrogens is 602 g/mol. The summed E-state index contributed by atoms with van der Waals surface area (Å²) in [6.45, 7) is 4.52. The van der Waals surface area contributed by atoms with Crippen LogP contribution in [0.4, 0.5) is 17.1 Å². The predicted octanol–water partition coefficient (Wildman–Crippen LogP) is 12.8. The van der Waals surface area contributed by atoms with Gasteiger partial charge in [-0.2, -0.15) is 0 Å². The van der Waals surface area contributed by atoms with E-state index in [0.717, 1.165) is 45.3 Å². The Morgan fingerprint density at radius 1 is 0.388 bits per heavy atom. The average Bonchev–Trinajstić information content (AvgIpc) is 3.15. The Balaban J connectivity index is 1.20. The van der Waals surface area contributed by atoms with E-state index in [9.17, 15) is 0 Å². The van der Waals surface area contributed by atoms with Gasteiger partial charge in [0.15, 0.2) is 28.7 Å². The highest BCUT2D eigenvalue weighted by Crippen LogP contribution is 2.57. The summed E-state index contributed by atoms with van der Waals surface area (Å²) in [5.41, 5.74) is 9.41. The highest BCUT2D eigenvalue weighted by Gasteiger charge is 2.37. The summed E-state index contributed by atoms with van der Waals surface area (Å²) in [5.74, 6) is 4.36. The minimum absolute atomic E-state index is 0.270. The van der Waals surface area contributed by atoms with E-state index in [1.807, 2.05) is 48.5 Å². The number of anilines is 3. The maximum Gasteiger partial charge on any atom is 0.194 e. The van der Waals surface area contributed by atoms with E-state index in [2.05, 4.69) is 134 Å². The van der Waals surface area contributed by atoms with Crippen molar-refractivity contribution in [1.82, 2.24) is 0 Å². The molecule has 7 aromatic carbocycles. The molecule has 0 saturated heterocycles.